The molecule has 3 rings (SSSR count). The van der Waals surface area contributed by atoms with Gasteiger partial charge < -0.3 is 0 Å². The maximum atomic E-state index is 2.44. The van der Waals surface area contributed by atoms with Crippen LogP contribution in [0.1, 0.15) is 90.4 Å². The van der Waals surface area contributed by atoms with E-state index in [9.17, 15) is 0 Å². The molecule has 1 heteroatoms. The summed E-state index contributed by atoms with van der Waals surface area (Å²) < 4.78 is 0. The van der Waals surface area contributed by atoms with Crippen LogP contribution in [0.5, 0.6) is 0 Å². The van der Waals surface area contributed by atoms with Crippen molar-refractivity contribution in [3.63, 3.8) is 0 Å². The minimum Gasteiger partial charge on any atom is -0.0998 e. The van der Waals surface area contributed by atoms with E-state index in [2.05, 4.69) is 6.92 Å². The van der Waals surface area contributed by atoms with Crippen LogP contribution in [0.25, 0.3) is 0 Å². The van der Waals surface area contributed by atoms with Gasteiger partial charge in [0.15, 0.2) is 0 Å². The SMILES string of the molecule is CCCP1C(C2CCCCC2)CCC1C1CCCCC1. The molecule has 1 saturated heterocycles. The first-order chi connectivity index (χ1) is 9.90. The van der Waals surface area contributed by atoms with Crippen LogP contribution in [0.15, 0.2) is 0 Å². The van der Waals surface area contributed by atoms with Crippen molar-refractivity contribution in [1.29, 1.82) is 0 Å². The van der Waals surface area contributed by atoms with Crippen LogP contribution in [0.4, 0.5) is 0 Å². The van der Waals surface area contributed by atoms with E-state index in [-0.39, 0.29) is 0 Å². The molecule has 0 radical (unpaired) electrons. The van der Waals surface area contributed by atoms with Gasteiger partial charge in [-0.15, -0.1) is 0 Å². The lowest BCUT2D eigenvalue weighted by Gasteiger charge is -2.37. The molecule has 3 fully saturated rings. The first-order valence-corrected chi connectivity index (χ1v) is 11.3. The van der Waals surface area contributed by atoms with Crippen molar-refractivity contribution in [1.82, 2.24) is 0 Å². The van der Waals surface area contributed by atoms with E-state index in [0.717, 1.165) is 11.8 Å². The van der Waals surface area contributed by atoms with Gasteiger partial charge in [-0.1, -0.05) is 59.8 Å². The maximum absolute atomic E-state index is 2.44. The molecular weight excluding hydrogens is 259 g/mol. The summed E-state index contributed by atoms with van der Waals surface area (Å²) in [5.41, 5.74) is 2.38. The van der Waals surface area contributed by atoms with Crippen LogP contribution in [0.2, 0.25) is 0 Å². The van der Waals surface area contributed by atoms with Gasteiger partial charge in [-0.3, -0.25) is 0 Å². The van der Waals surface area contributed by atoms with Crippen molar-refractivity contribution in [3.8, 4) is 0 Å². The maximum Gasteiger partial charge on any atom is -0.0178 e. The molecule has 0 nitrogen and oxygen atoms in total. The highest BCUT2D eigenvalue weighted by Gasteiger charge is 2.42. The molecule has 2 atom stereocenters. The molecule has 2 unspecified atom stereocenters. The van der Waals surface area contributed by atoms with Crippen molar-refractivity contribution in [2.24, 2.45) is 11.8 Å². The Hall–Kier alpha value is 0.430. The largest absolute Gasteiger partial charge is 0.0998 e. The topological polar surface area (TPSA) is 0 Å². The predicted octanol–water partition coefficient (Wildman–Crippen LogP) is 6.57. The van der Waals surface area contributed by atoms with E-state index in [1.165, 1.54) is 30.6 Å². The van der Waals surface area contributed by atoms with Crippen LogP contribution in [-0.4, -0.2) is 17.5 Å². The van der Waals surface area contributed by atoms with Crippen LogP contribution in [-0.2, 0) is 0 Å². The molecule has 0 spiro atoms. The van der Waals surface area contributed by atoms with Crippen LogP contribution >= 0.6 is 7.92 Å². The molecule has 2 saturated carbocycles. The summed E-state index contributed by atoms with van der Waals surface area (Å²) in [5.74, 6) is 2.30. The number of rotatable bonds is 4. The Kier molecular flexibility index (Phi) is 5.84. The lowest BCUT2D eigenvalue weighted by Crippen LogP contribution is -2.24. The van der Waals surface area contributed by atoms with Gasteiger partial charge in [0.1, 0.15) is 0 Å². The first-order valence-electron chi connectivity index (χ1n) is 9.66. The fraction of sp³-hybridized carbons (Fsp3) is 1.00. The highest BCUT2D eigenvalue weighted by molar-refractivity contribution is 7.59. The zero-order valence-electron chi connectivity index (χ0n) is 13.7. The third-order valence-corrected chi connectivity index (χ3v) is 10.5. The summed E-state index contributed by atoms with van der Waals surface area (Å²) in [6.45, 7) is 2.44. The molecule has 0 aromatic carbocycles. The molecular formula is C19H35P. The average molecular weight is 294 g/mol. The van der Waals surface area contributed by atoms with Crippen LogP contribution in [0.3, 0.4) is 0 Å². The molecule has 0 aromatic rings. The number of hydrogen-bond acceptors (Lipinski definition) is 0. The summed E-state index contributed by atoms with van der Waals surface area (Å²) in [7, 11) is 0.382. The van der Waals surface area contributed by atoms with Crippen molar-refractivity contribution >= 4 is 7.92 Å². The Morgan fingerprint density at radius 1 is 0.650 bits per heavy atom. The summed E-state index contributed by atoms with van der Waals surface area (Å²) in [4.78, 5) is 0. The molecule has 0 aromatic heterocycles. The fourth-order valence-corrected chi connectivity index (χ4v) is 9.87. The van der Waals surface area contributed by atoms with E-state index in [1.807, 2.05) is 0 Å². The van der Waals surface area contributed by atoms with Gasteiger partial charge in [-0.2, -0.15) is 0 Å². The minimum atomic E-state index is 0.382. The van der Waals surface area contributed by atoms with Crippen LogP contribution < -0.4 is 0 Å². The Balaban J connectivity index is 1.65. The Morgan fingerprint density at radius 2 is 1.10 bits per heavy atom. The second-order valence-corrected chi connectivity index (χ2v) is 10.5. The molecule has 1 aliphatic heterocycles. The standard InChI is InChI=1S/C19H35P/c1-2-15-20-18(16-9-5-3-6-10-16)13-14-19(20)17-11-7-4-8-12-17/h16-19H,2-15H2,1H3. The lowest BCUT2D eigenvalue weighted by atomic mass is 9.83. The minimum absolute atomic E-state index is 0.382. The second-order valence-electron chi connectivity index (χ2n) is 7.75. The van der Waals surface area contributed by atoms with Gasteiger partial charge in [0.05, 0.1) is 0 Å². The van der Waals surface area contributed by atoms with Gasteiger partial charge in [0.2, 0.25) is 0 Å². The number of hydrogen-bond donors (Lipinski definition) is 0. The molecule has 0 amide bonds. The van der Waals surface area contributed by atoms with E-state index in [0.29, 0.717) is 7.92 Å². The van der Waals surface area contributed by atoms with Crippen LogP contribution in [0, 0.1) is 11.8 Å². The molecule has 0 N–H and O–H groups in total. The summed E-state index contributed by atoms with van der Waals surface area (Å²) in [5, 5.41) is 0. The zero-order valence-corrected chi connectivity index (χ0v) is 14.6. The summed E-state index contributed by atoms with van der Waals surface area (Å²) >= 11 is 0. The third kappa shape index (κ3) is 3.43. The average Bonchev–Trinajstić information content (AvgIpc) is 2.93. The summed E-state index contributed by atoms with van der Waals surface area (Å²) in [6, 6.07) is 0. The second kappa shape index (κ2) is 7.62. The molecule has 2 aliphatic carbocycles. The van der Waals surface area contributed by atoms with Crippen molar-refractivity contribution in [3.05, 3.63) is 0 Å². The summed E-state index contributed by atoms with van der Waals surface area (Å²) in [6.07, 6.45) is 21.9. The van der Waals surface area contributed by atoms with Gasteiger partial charge in [0.25, 0.3) is 0 Å². The van der Waals surface area contributed by atoms with Gasteiger partial charge in [-0.25, -0.2) is 0 Å². The van der Waals surface area contributed by atoms with Gasteiger partial charge in [0, 0.05) is 0 Å². The van der Waals surface area contributed by atoms with Gasteiger partial charge in [-0.05, 0) is 67.8 Å². The fourth-order valence-electron chi connectivity index (χ4n) is 5.56. The predicted molar refractivity (Wildman–Crippen MR) is 92.0 cm³/mol. The van der Waals surface area contributed by atoms with Crippen molar-refractivity contribution in [2.45, 2.75) is 102 Å². The van der Waals surface area contributed by atoms with E-state index >= 15 is 0 Å². The first kappa shape index (κ1) is 15.3. The molecule has 20 heavy (non-hydrogen) atoms. The van der Waals surface area contributed by atoms with Crippen molar-refractivity contribution < 1.29 is 0 Å². The zero-order chi connectivity index (χ0) is 13.8. The van der Waals surface area contributed by atoms with Crippen molar-refractivity contribution in [2.75, 3.05) is 6.16 Å². The molecule has 1 heterocycles. The van der Waals surface area contributed by atoms with Gasteiger partial charge >= 0.3 is 0 Å². The Labute approximate surface area is 128 Å². The van der Waals surface area contributed by atoms with E-state index in [4.69, 9.17) is 0 Å². The highest BCUT2D eigenvalue weighted by Crippen LogP contribution is 2.63. The molecule has 116 valence electrons. The van der Waals surface area contributed by atoms with E-state index < -0.39 is 0 Å². The molecule has 0 bridgehead atoms. The third-order valence-electron chi connectivity index (χ3n) is 6.48. The Morgan fingerprint density at radius 3 is 1.50 bits per heavy atom. The Bertz CT molecular complexity index is 249. The monoisotopic (exact) mass is 294 g/mol. The molecule has 3 aliphatic rings. The normalized spacial score (nSPS) is 37.4. The lowest BCUT2D eigenvalue weighted by molar-refractivity contribution is 0.332. The smallest absolute Gasteiger partial charge is 0.0178 e. The van der Waals surface area contributed by atoms with E-state index in [1.54, 1.807) is 70.4 Å². The quantitative estimate of drug-likeness (QED) is 0.514. The highest BCUT2D eigenvalue weighted by atomic mass is 31.1.